The monoisotopic (exact) mass is 409 g/mol. The summed E-state index contributed by atoms with van der Waals surface area (Å²) < 4.78 is 1.04. The van der Waals surface area contributed by atoms with Crippen molar-refractivity contribution in [3.8, 4) is 0 Å². The van der Waals surface area contributed by atoms with E-state index in [1.165, 1.54) is 5.56 Å². The molecule has 3 radical (unpaired) electrons. The van der Waals surface area contributed by atoms with Gasteiger partial charge in [-0.2, -0.15) is 7.14 Å². The molecule has 0 saturated heterocycles. The van der Waals surface area contributed by atoms with E-state index in [0.29, 0.717) is 6.42 Å². The highest BCUT2D eigenvalue weighted by Gasteiger charge is 2.34. The van der Waals surface area contributed by atoms with E-state index in [4.69, 9.17) is 7.57 Å². The molecule has 25 heavy (non-hydrogen) atoms. The smallest absolute Gasteiger partial charge is 0.0582 e. The molecule has 125 valence electrons. The third-order valence-corrected chi connectivity index (χ3v) is 8.89. The van der Waals surface area contributed by atoms with Gasteiger partial charge in [0.15, 0.2) is 0 Å². The van der Waals surface area contributed by atoms with Crippen LogP contribution in [0.15, 0.2) is 89.4 Å². The average molecular weight is 410 g/mol. The van der Waals surface area contributed by atoms with Gasteiger partial charge in [0.2, 0.25) is 0 Å². The van der Waals surface area contributed by atoms with Crippen LogP contribution in [0.3, 0.4) is 0 Å². The van der Waals surface area contributed by atoms with Crippen molar-refractivity contribution in [2.75, 3.05) is 6.61 Å². The van der Waals surface area contributed by atoms with Crippen molar-refractivity contribution in [2.45, 2.75) is 12.1 Å². The summed E-state index contributed by atoms with van der Waals surface area (Å²) in [5.41, 5.74) is 1.23. The van der Waals surface area contributed by atoms with E-state index in [1.807, 2.05) is 48.5 Å². The summed E-state index contributed by atoms with van der Waals surface area (Å²) in [7, 11) is 5.02. The number of hydrogen-bond acceptors (Lipinski definition) is 1. The molecular weight excluding hydrogens is 390 g/mol. The van der Waals surface area contributed by atoms with Crippen LogP contribution < -0.4 is 10.6 Å². The summed E-state index contributed by atoms with van der Waals surface area (Å²) in [6.07, 6.45) is 0.635. The Kier molecular flexibility index (Phi) is 6.12. The first-order valence-electron chi connectivity index (χ1n) is 8.31. The first-order chi connectivity index (χ1) is 12.2. The number of halogens is 1. The molecule has 0 spiro atoms. The highest BCUT2D eigenvalue weighted by atomic mass is 79.9. The molecule has 1 N–H and O–H groups in total. The SMILES string of the molecule is [B-][P+](c1ccccc1)(c1ccccc1)[C@@H](CCO)c1ccc(Br)cc1. The number of aliphatic hydroxyl groups excluding tert-OH is 1. The quantitative estimate of drug-likeness (QED) is 0.465. The Morgan fingerprint density at radius 3 is 1.72 bits per heavy atom. The van der Waals surface area contributed by atoms with Crippen LogP contribution in [0.2, 0.25) is 0 Å². The summed E-state index contributed by atoms with van der Waals surface area (Å²) in [6, 6.07) is 28.9. The summed E-state index contributed by atoms with van der Waals surface area (Å²) >= 11 is 3.50. The van der Waals surface area contributed by atoms with Crippen molar-refractivity contribution in [2.24, 2.45) is 0 Å². The molecule has 3 rings (SSSR count). The zero-order chi connectivity index (χ0) is 17.7. The van der Waals surface area contributed by atoms with Gasteiger partial charge in [0, 0.05) is 28.1 Å². The molecule has 0 aromatic heterocycles. The van der Waals surface area contributed by atoms with Gasteiger partial charge in [-0.25, -0.2) is 0 Å². The van der Waals surface area contributed by atoms with Crippen LogP contribution in [0.4, 0.5) is 0 Å². The zero-order valence-corrected chi connectivity index (χ0v) is 16.4. The van der Waals surface area contributed by atoms with Gasteiger partial charge in [0.1, 0.15) is 0 Å². The van der Waals surface area contributed by atoms with E-state index in [1.54, 1.807) is 0 Å². The van der Waals surface area contributed by atoms with Crippen molar-refractivity contribution in [1.82, 2.24) is 0 Å². The van der Waals surface area contributed by atoms with Gasteiger partial charge in [-0.1, -0.05) is 64.5 Å². The van der Waals surface area contributed by atoms with Crippen LogP contribution in [0, 0.1) is 0 Å². The normalized spacial score (nSPS) is 12.8. The van der Waals surface area contributed by atoms with E-state index in [-0.39, 0.29) is 12.3 Å². The molecule has 1 nitrogen and oxygen atoms in total. The molecule has 0 aliphatic rings. The Morgan fingerprint density at radius 2 is 1.28 bits per heavy atom. The van der Waals surface area contributed by atoms with Crippen LogP contribution in [-0.2, 0) is 0 Å². The van der Waals surface area contributed by atoms with E-state index in [0.717, 1.165) is 15.1 Å². The van der Waals surface area contributed by atoms with Gasteiger partial charge < -0.3 is 5.11 Å². The Hall–Kier alpha value is -1.41. The van der Waals surface area contributed by atoms with Gasteiger partial charge >= 0.3 is 0 Å². The fourth-order valence-corrected chi connectivity index (χ4v) is 7.05. The fourth-order valence-electron chi connectivity index (χ4n) is 3.27. The molecule has 0 aliphatic carbocycles. The Morgan fingerprint density at radius 1 is 0.800 bits per heavy atom. The lowest BCUT2D eigenvalue weighted by molar-refractivity contribution is 0.287. The second-order valence-electron chi connectivity index (χ2n) is 6.03. The predicted octanol–water partition coefficient (Wildman–Crippen LogP) is 4.62. The van der Waals surface area contributed by atoms with Crippen molar-refractivity contribution in [3.05, 3.63) is 95.0 Å². The van der Waals surface area contributed by atoms with Crippen molar-refractivity contribution >= 4 is 41.2 Å². The lowest BCUT2D eigenvalue weighted by atomic mass is 10.1. The molecule has 0 heterocycles. The van der Waals surface area contributed by atoms with Crippen LogP contribution in [0.1, 0.15) is 17.6 Å². The number of aliphatic hydroxyl groups is 1. The first-order valence-corrected chi connectivity index (χ1v) is 11.0. The predicted molar refractivity (Wildman–Crippen MR) is 113 cm³/mol. The molecular formula is C21H20BBrOP. The van der Waals surface area contributed by atoms with Crippen molar-refractivity contribution < 1.29 is 5.11 Å². The minimum atomic E-state index is -2.21. The van der Waals surface area contributed by atoms with E-state index in [2.05, 4.69) is 52.3 Å². The summed E-state index contributed by atoms with van der Waals surface area (Å²) in [4.78, 5) is 0. The van der Waals surface area contributed by atoms with Gasteiger partial charge in [0.05, 0.1) is 5.66 Å². The molecule has 0 saturated carbocycles. The molecule has 0 amide bonds. The second-order valence-corrected chi connectivity index (χ2v) is 10.2. The Balaban J connectivity index is 2.19. The molecule has 3 aromatic rings. The lowest BCUT2D eigenvalue weighted by Gasteiger charge is -2.44. The van der Waals surface area contributed by atoms with Gasteiger partial charge in [-0.15, -0.1) is 0 Å². The third-order valence-electron chi connectivity index (χ3n) is 4.52. The zero-order valence-electron chi connectivity index (χ0n) is 13.9. The van der Waals surface area contributed by atoms with Crippen LogP contribution >= 0.6 is 23.1 Å². The summed E-state index contributed by atoms with van der Waals surface area (Å²) in [6.45, 7) is 0.110. The second kappa shape index (κ2) is 8.32. The highest BCUT2D eigenvalue weighted by Crippen LogP contribution is 2.65. The van der Waals surface area contributed by atoms with Gasteiger partial charge in [-0.3, -0.25) is 7.57 Å². The van der Waals surface area contributed by atoms with Gasteiger partial charge in [-0.05, 0) is 42.0 Å². The minimum Gasteiger partial charge on any atom is -0.396 e. The van der Waals surface area contributed by atoms with E-state index >= 15 is 0 Å². The number of rotatable bonds is 6. The van der Waals surface area contributed by atoms with Crippen LogP contribution in [-0.4, -0.2) is 19.3 Å². The fraction of sp³-hybridized carbons (Fsp3) is 0.143. The van der Waals surface area contributed by atoms with Crippen molar-refractivity contribution in [3.63, 3.8) is 0 Å². The first kappa shape index (κ1) is 18.4. The number of benzene rings is 3. The van der Waals surface area contributed by atoms with E-state index in [9.17, 15) is 5.11 Å². The Bertz CT molecular complexity index is 754. The maximum atomic E-state index is 9.76. The molecule has 1 atom stereocenters. The standard InChI is InChI=1S/C21H20BBrOP/c22-25(19-7-3-1-4-8-19,20-9-5-2-6-10-20)21(15-16-24)17-11-13-18(23)14-12-17/h1-14,21,24H,15-16H2/t21-/m0/s1. The average Bonchev–Trinajstić information content (AvgIpc) is 2.68. The molecule has 0 unspecified atom stereocenters. The maximum absolute atomic E-state index is 9.76. The largest absolute Gasteiger partial charge is 0.396 e. The summed E-state index contributed by atoms with van der Waals surface area (Å²) in [5, 5.41) is 12.1. The maximum Gasteiger partial charge on any atom is 0.0582 e. The van der Waals surface area contributed by atoms with Gasteiger partial charge in [0.25, 0.3) is 0 Å². The molecule has 0 bridgehead atoms. The number of hydrogen-bond donors (Lipinski definition) is 1. The van der Waals surface area contributed by atoms with E-state index < -0.39 is 7.14 Å². The molecule has 0 fully saturated rings. The molecule has 3 aromatic carbocycles. The molecule has 4 heteroatoms. The highest BCUT2D eigenvalue weighted by molar-refractivity contribution is 9.10. The van der Waals surface area contributed by atoms with Crippen LogP contribution in [0.5, 0.6) is 0 Å². The Labute approximate surface area is 159 Å². The lowest BCUT2D eigenvalue weighted by Crippen LogP contribution is -2.28. The van der Waals surface area contributed by atoms with Crippen LogP contribution in [0.25, 0.3) is 0 Å². The summed E-state index contributed by atoms with van der Waals surface area (Å²) in [5.74, 6) is 0. The third kappa shape index (κ3) is 3.90. The molecule has 0 aliphatic heterocycles. The van der Waals surface area contributed by atoms with Crippen molar-refractivity contribution in [1.29, 1.82) is 0 Å². The minimum absolute atomic E-state index is 0.0652. The topological polar surface area (TPSA) is 20.2 Å².